The van der Waals surface area contributed by atoms with E-state index < -0.39 is 10.0 Å². The van der Waals surface area contributed by atoms with Gasteiger partial charge < -0.3 is 0 Å². The first-order chi connectivity index (χ1) is 9.83. The Morgan fingerprint density at radius 1 is 1.24 bits per heavy atom. The summed E-state index contributed by atoms with van der Waals surface area (Å²) >= 11 is 3.26. The quantitative estimate of drug-likeness (QED) is 0.846. The number of benzene rings is 1. The zero-order valence-corrected chi connectivity index (χ0v) is 13.8. The zero-order valence-electron chi connectivity index (χ0n) is 11.4. The molecule has 2 rings (SSSR count). The second kappa shape index (κ2) is 5.84. The Morgan fingerprint density at radius 2 is 1.95 bits per heavy atom. The third-order valence-corrected chi connectivity index (χ3v) is 5.10. The lowest BCUT2D eigenvalue weighted by Gasteiger charge is -2.10. The molecule has 0 saturated heterocycles. The number of rotatable bonds is 3. The molecule has 5 nitrogen and oxygen atoms in total. The van der Waals surface area contributed by atoms with Crippen LogP contribution >= 0.6 is 15.9 Å². The average Bonchev–Trinajstić information content (AvgIpc) is 2.42. The van der Waals surface area contributed by atoms with Crippen molar-refractivity contribution in [2.45, 2.75) is 18.7 Å². The largest absolute Gasteiger partial charge is 0.278 e. The SMILES string of the molecule is Cc1cc(S(=O)(=O)Nc2cnc(Br)c(C)c2)ccc1C#N. The molecule has 21 heavy (non-hydrogen) atoms. The molecule has 0 bridgehead atoms. The normalized spacial score (nSPS) is 11.0. The van der Waals surface area contributed by atoms with Gasteiger partial charge in [-0.2, -0.15) is 5.26 Å². The van der Waals surface area contributed by atoms with Crippen molar-refractivity contribution in [1.82, 2.24) is 4.98 Å². The van der Waals surface area contributed by atoms with Crippen molar-refractivity contribution in [2.24, 2.45) is 0 Å². The van der Waals surface area contributed by atoms with Gasteiger partial charge in [0, 0.05) is 0 Å². The van der Waals surface area contributed by atoms with Gasteiger partial charge in [0.05, 0.1) is 28.4 Å². The number of nitriles is 1. The van der Waals surface area contributed by atoms with Crippen LogP contribution in [0.2, 0.25) is 0 Å². The van der Waals surface area contributed by atoms with E-state index in [4.69, 9.17) is 5.26 Å². The van der Waals surface area contributed by atoms with E-state index in [-0.39, 0.29) is 4.90 Å². The monoisotopic (exact) mass is 365 g/mol. The van der Waals surface area contributed by atoms with Crippen LogP contribution in [-0.4, -0.2) is 13.4 Å². The minimum atomic E-state index is -3.71. The van der Waals surface area contributed by atoms with E-state index in [0.29, 0.717) is 21.4 Å². The maximum absolute atomic E-state index is 12.3. The fourth-order valence-electron chi connectivity index (χ4n) is 1.76. The highest BCUT2D eigenvalue weighted by molar-refractivity contribution is 9.10. The summed E-state index contributed by atoms with van der Waals surface area (Å²) in [6, 6.07) is 8.07. The molecule has 7 heteroatoms. The molecular weight excluding hydrogens is 354 g/mol. The zero-order chi connectivity index (χ0) is 15.6. The summed E-state index contributed by atoms with van der Waals surface area (Å²) in [5.41, 5.74) is 2.28. The molecule has 0 radical (unpaired) electrons. The van der Waals surface area contributed by atoms with E-state index in [1.807, 2.05) is 13.0 Å². The van der Waals surface area contributed by atoms with Crippen molar-refractivity contribution in [1.29, 1.82) is 5.26 Å². The van der Waals surface area contributed by atoms with Crippen molar-refractivity contribution in [3.05, 3.63) is 51.8 Å². The molecule has 0 fully saturated rings. The minimum absolute atomic E-state index is 0.111. The van der Waals surface area contributed by atoms with Crippen LogP contribution in [0.5, 0.6) is 0 Å². The van der Waals surface area contributed by atoms with E-state index in [9.17, 15) is 8.42 Å². The molecule has 0 aliphatic rings. The fraction of sp³-hybridized carbons (Fsp3) is 0.143. The number of anilines is 1. The van der Waals surface area contributed by atoms with Crippen molar-refractivity contribution in [2.75, 3.05) is 4.72 Å². The van der Waals surface area contributed by atoms with Crippen LogP contribution < -0.4 is 4.72 Å². The second-order valence-corrected chi connectivity index (χ2v) is 6.96. The predicted molar refractivity (Wildman–Crippen MR) is 83.4 cm³/mol. The molecule has 0 unspecified atom stereocenters. The lowest BCUT2D eigenvalue weighted by Crippen LogP contribution is -2.13. The summed E-state index contributed by atoms with van der Waals surface area (Å²) in [5.74, 6) is 0. The number of aromatic nitrogens is 1. The van der Waals surface area contributed by atoms with Crippen molar-refractivity contribution >= 4 is 31.6 Å². The first-order valence-corrected chi connectivity index (χ1v) is 8.27. The number of sulfonamides is 1. The second-order valence-electron chi connectivity index (χ2n) is 4.53. The van der Waals surface area contributed by atoms with E-state index >= 15 is 0 Å². The number of hydrogen-bond acceptors (Lipinski definition) is 4. The van der Waals surface area contributed by atoms with E-state index in [2.05, 4.69) is 25.6 Å². The summed E-state index contributed by atoms with van der Waals surface area (Å²) < 4.78 is 27.8. The molecule has 1 aromatic carbocycles. The predicted octanol–water partition coefficient (Wildman–Crippen LogP) is 3.13. The van der Waals surface area contributed by atoms with Crippen molar-refractivity contribution in [3.63, 3.8) is 0 Å². The van der Waals surface area contributed by atoms with Gasteiger partial charge in [0.25, 0.3) is 10.0 Å². The van der Waals surface area contributed by atoms with Gasteiger partial charge in [-0.3, -0.25) is 4.72 Å². The molecule has 1 aromatic heterocycles. The smallest absolute Gasteiger partial charge is 0.261 e. The van der Waals surface area contributed by atoms with Gasteiger partial charge in [0.15, 0.2) is 0 Å². The maximum Gasteiger partial charge on any atom is 0.261 e. The molecule has 108 valence electrons. The molecule has 1 heterocycles. The van der Waals surface area contributed by atoms with Crippen LogP contribution in [0.1, 0.15) is 16.7 Å². The molecule has 0 saturated carbocycles. The number of nitrogens with zero attached hydrogens (tertiary/aromatic N) is 2. The van der Waals surface area contributed by atoms with Gasteiger partial charge in [-0.05, 0) is 65.2 Å². The van der Waals surface area contributed by atoms with Crippen LogP contribution in [0.15, 0.2) is 40.0 Å². The molecule has 2 aromatic rings. The minimum Gasteiger partial charge on any atom is -0.278 e. The highest BCUT2D eigenvalue weighted by atomic mass is 79.9. The summed E-state index contributed by atoms with van der Waals surface area (Å²) in [4.78, 5) is 4.16. The Balaban J connectivity index is 2.36. The number of nitrogens with one attached hydrogen (secondary N) is 1. The first-order valence-electron chi connectivity index (χ1n) is 5.99. The fourth-order valence-corrected chi connectivity index (χ4v) is 3.09. The van der Waals surface area contributed by atoms with E-state index in [1.54, 1.807) is 13.0 Å². The van der Waals surface area contributed by atoms with Crippen LogP contribution in [0, 0.1) is 25.2 Å². The lowest BCUT2D eigenvalue weighted by molar-refractivity contribution is 0.601. The van der Waals surface area contributed by atoms with Gasteiger partial charge in [0.2, 0.25) is 0 Å². The third-order valence-electron chi connectivity index (χ3n) is 2.90. The number of pyridine rings is 1. The maximum atomic E-state index is 12.3. The van der Waals surface area contributed by atoms with Crippen LogP contribution in [0.25, 0.3) is 0 Å². The molecule has 0 aliphatic heterocycles. The third kappa shape index (κ3) is 3.40. The highest BCUT2D eigenvalue weighted by Gasteiger charge is 2.16. The summed E-state index contributed by atoms with van der Waals surface area (Å²) in [7, 11) is -3.71. The number of aryl methyl sites for hydroxylation is 2. The van der Waals surface area contributed by atoms with E-state index in [1.165, 1.54) is 24.4 Å². The van der Waals surface area contributed by atoms with Gasteiger partial charge >= 0.3 is 0 Å². The Bertz CT molecular complexity index is 842. The van der Waals surface area contributed by atoms with Crippen LogP contribution in [-0.2, 0) is 10.0 Å². The Hall–Kier alpha value is -1.91. The van der Waals surface area contributed by atoms with Gasteiger partial charge in [0.1, 0.15) is 4.60 Å². The molecule has 0 atom stereocenters. The van der Waals surface area contributed by atoms with Gasteiger partial charge in [-0.15, -0.1) is 0 Å². The summed E-state index contributed by atoms with van der Waals surface area (Å²) in [5, 5.41) is 8.88. The Labute approximate surface area is 131 Å². The summed E-state index contributed by atoms with van der Waals surface area (Å²) in [6.07, 6.45) is 1.44. The topological polar surface area (TPSA) is 82.8 Å². The summed E-state index contributed by atoms with van der Waals surface area (Å²) in [6.45, 7) is 3.52. The Morgan fingerprint density at radius 3 is 2.52 bits per heavy atom. The molecular formula is C14H12BrN3O2S. The van der Waals surface area contributed by atoms with Crippen molar-refractivity contribution < 1.29 is 8.42 Å². The van der Waals surface area contributed by atoms with Gasteiger partial charge in [-0.25, -0.2) is 13.4 Å². The Kier molecular flexibility index (Phi) is 4.30. The average molecular weight is 366 g/mol. The number of halogens is 1. The lowest BCUT2D eigenvalue weighted by atomic mass is 10.1. The standard InChI is InChI=1S/C14H12BrN3O2S/c1-9-6-13(4-3-11(9)7-16)21(19,20)18-12-5-10(2)14(15)17-8-12/h3-6,8,18H,1-2H3. The van der Waals surface area contributed by atoms with E-state index in [0.717, 1.165) is 5.56 Å². The number of hydrogen-bond donors (Lipinski definition) is 1. The van der Waals surface area contributed by atoms with Crippen LogP contribution in [0.3, 0.4) is 0 Å². The van der Waals surface area contributed by atoms with Crippen LogP contribution in [0.4, 0.5) is 5.69 Å². The first kappa shape index (κ1) is 15.5. The molecule has 1 N–H and O–H groups in total. The molecule has 0 aliphatic carbocycles. The highest BCUT2D eigenvalue weighted by Crippen LogP contribution is 2.21. The van der Waals surface area contributed by atoms with Gasteiger partial charge in [-0.1, -0.05) is 0 Å². The van der Waals surface area contributed by atoms with Crippen molar-refractivity contribution in [3.8, 4) is 6.07 Å². The molecule has 0 amide bonds. The molecule has 0 spiro atoms.